The first-order valence-corrected chi connectivity index (χ1v) is 8.17. The van der Waals surface area contributed by atoms with E-state index in [1.54, 1.807) is 11.3 Å². The van der Waals surface area contributed by atoms with Gasteiger partial charge >= 0.3 is 0 Å². The van der Waals surface area contributed by atoms with Gasteiger partial charge in [-0.2, -0.15) is 0 Å². The van der Waals surface area contributed by atoms with E-state index < -0.39 is 0 Å². The zero-order valence-corrected chi connectivity index (χ0v) is 13.2. The second-order valence-corrected chi connectivity index (χ2v) is 6.18. The summed E-state index contributed by atoms with van der Waals surface area (Å²) in [5, 5.41) is 14.2. The molecular weight excluding hydrogens is 266 g/mol. The van der Waals surface area contributed by atoms with E-state index in [0.717, 1.165) is 43.8 Å². The van der Waals surface area contributed by atoms with Crippen LogP contribution in [-0.2, 0) is 19.3 Å². The van der Waals surface area contributed by atoms with E-state index in [1.807, 2.05) is 0 Å². The van der Waals surface area contributed by atoms with Crippen LogP contribution in [0.5, 0.6) is 0 Å². The zero-order valence-electron chi connectivity index (χ0n) is 12.4. The highest BCUT2D eigenvalue weighted by Crippen LogP contribution is 2.14. The maximum atomic E-state index is 4.30. The van der Waals surface area contributed by atoms with Gasteiger partial charge in [0.1, 0.15) is 10.0 Å². The van der Waals surface area contributed by atoms with Crippen molar-refractivity contribution in [3.8, 4) is 0 Å². The summed E-state index contributed by atoms with van der Waals surface area (Å²) in [5.41, 5.74) is 2.71. The molecule has 4 heteroatoms. The molecular formula is C16H23N3S. The second kappa shape index (κ2) is 8.12. The number of benzene rings is 1. The molecule has 2 aromatic rings. The molecule has 0 aliphatic carbocycles. The third kappa shape index (κ3) is 5.02. The first-order valence-electron chi connectivity index (χ1n) is 7.35. The molecule has 0 amide bonds. The van der Waals surface area contributed by atoms with E-state index >= 15 is 0 Å². The molecule has 0 saturated carbocycles. The van der Waals surface area contributed by atoms with Gasteiger partial charge < -0.3 is 5.32 Å². The second-order valence-electron chi connectivity index (χ2n) is 5.04. The summed E-state index contributed by atoms with van der Waals surface area (Å²) < 4.78 is 0. The molecule has 1 heterocycles. The maximum Gasteiger partial charge on any atom is 0.117 e. The summed E-state index contributed by atoms with van der Waals surface area (Å²) in [6.45, 7) is 6.37. The topological polar surface area (TPSA) is 37.8 Å². The van der Waals surface area contributed by atoms with Crippen molar-refractivity contribution in [3.63, 3.8) is 0 Å². The van der Waals surface area contributed by atoms with Gasteiger partial charge in [0.15, 0.2) is 0 Å². The predicted molar refractivity (Wildman–Crippen MR) is 85.4 cm³/mol. The molecule has 2 rings (SSSR count). The van der Waals surface area contributed by atoms with Crippen LogP contribution in [0.3, 0.4) is 0 Å². The summed E-state index contributed by atoms with van der Waals surface area (Å²) >= 11 is 1.76. The van der Waals surface area contributed by atoms with E-state index in [9.17, 15) is 0 Å². The molecule has 0 fully saturated rings. The number of nitrogens with zero attached hydrogens (tertiary/aromatic N) is 2. The Morgan fingerprint density at radius 3 is 2.65 bits per heavy atom. The van der Waals surface area contributed by atoms with E-state index in [2.05, 4.69) is 53.6 Å². The van der Waals surface area contributed by atoms with Crippen molar-refractivity contribution in [1.29, 1.82) is 0 Å². The Morgan fingerprint density at radius 1 is 1.10 bits per heavy atom. The lowest BCUT2D eigenvalue weighted by Crippen LogP contribution is -2.14. The molecule has 0 aliphatic heterocycles. The summed E-state index contributed by atoms with van der Waals surface area (Å²) in [6, 6.07) is 8.69. The minimum Gasteiger partial charge on any atom is -0.317 e. The molecule has 0 spiro atoms. The Bertz CT molecular complexity index is 522. The van der Waals surface area contributed by atoms with Gasteiger partial charge in [0.05, 0.1) is 0 Å². The third-order valence-corrected chi connectivity index (χ3v) is 4.26. The van der Waals surface area contributed by atoms with Gasteiger partial charge in [-0.15, -0.1) is 21.5 Å². The van der Waals surface area contributed by atoms with E-state index in [1.165, 1.54) is 16.1 Å². The third-order valence-electron chi connectivity index (χ3n) is 3.21. The SMILES string of the molecule is CCNCCCc1nnc(CCc2cccc(C)c2)s1. The fraction of sp³-hybridized carbons (Fsp3) is 0.500. The summed E-state index contributed by atoms with van der Waals surface area (Å²) in [6.07, 6.45) is 4.22. The molecule has 0 saturated heterocycles. The van der Waals surface area contributed by atoms with Crippen molar-refractivity contribution >= 4 is 11.3 Å². The van der Waals surface area contributed by atoms with Crippen LogP contribution in [0.4, 0.5) is 0 Å². The van der Waals surface area contributed by atoms with Crippen molar-refractivity contribution in [3.05, 3.63) is 45.4 Å². The Morgan fingerprint density at radius 2 is 1.90 bits per heavy atom. The lowest BCUT2D eigenvalue weighted by Gasteiger charge is -2.00. The van der Waals surface area contributed by atoms with Gasteiger partial charge in [-0.25, -0.2) is 0 Å². The lowest BCUT2D eigenvalue weighted by molar-refractivity contribution is 0.668. The quantitative estimate of drug-likeness (QED) is 0.759. The van der Waals surface area contributed by atoms with E-state index in [-0.39, 0.29) is 0 Å². The van der Waals surface area contributed by atoms with Crippen molar-refractivity contribution in [2.24, 2.45) is 0 Å². The number of aromatic nitrogens is 2. The van der Waals surface area contributed by atoms with Crippen LogP contribution in [0.1, 0.15) is 34.5 Å². The summed E-state index contributed by atoms with van der Waals surface area (Å²) in [7, 11) is 0. The Balaban J connectivity index is 1.78. The average molecular weight is 289 g/mol. The summed E-state index contributed by atoms with van der Waals surface area (Å²) in [4.78, 5) is 0. The van der Waals surface area contributed by atoms with Gasteiger partial charge in [0.25, 0.3) is 0 Å². The number of aryl methyl sites for hydroxylation is 4. The van der Waals surface area contributed by atoms with Crippen molar-refractivity contribution in [1.82, 2.24) is 15.5 Å². The van der Waals surface area contributed by atoms with Gasteiger partial charge in [0.2, 0.25) is 0 Å². The Kier molecular flexibility index (Phi) is 6.15. The largest absolute Gasteiger partial charge is 0.317 e. The fourth-order valence-electron chi connectivity index (χ4n) is 2.15. The molecule has 3 nitrogen and oxygen atoms in total. The molecule has 0 unspecified atom stereocenters. The van der Waals surface area contributed by atoms with Crippen LogP contribution in [0.15, 0.2) is 24.3 Å². The van der Waals surface area contributed by atoms with Gasteiger partial charge in [0, 0.05) is 12.8 Å². The minimum atomic E-state index is 0.994. The van der Waals surface area contributed by atoms with Gasteiger partial charge in [-0.1, -0.05) is 36.8 Å². The van der Waals surface area contributed by atoms with Crippen molar-refractivity contribution in [2.45, 2.75) is 39.5 Å². The molecule has 1 aromatic carbocycles. The van der Waals surface area contributed by atoms with Crippen LogP contribution in [0, 0.1) is 6.92 Å². The normalized spacial score (nSPS) is 10.9. The molecule has 108 valence electrons. The number of nitrogens with one attached hydrogen (secondary N) is 1. The highest BCUT2D eigenvalue weighted by molar-refractivity contribution is 7.11. The van der Waals surface area contributed by atoms with Gasteiger partial charge in [-0.3, -0.25) is 0 Å². The highest BCUT2D eigenvalue weighted by Gasteiger charge is 2.04. The molecule has 0 aliphatic rings. The Labute approximate surface area is 125 Å². The number of rotatable bonds is 8. The average Bonchev–Trinajstić information content (AvgIpc) is 2.89. The molecule has 1 aromatic heterocycles. The first kappa shape index (κ1) is 15.1. The number of hydrogen-bond donors (Lipinski definition) is 1. The molecule has 0 radical (unpaired) electrons. The van der Waals surface area contributed by atoms with E-state index in [0.29, 0.717) is 0 Å². The summed E-state index contributed by atoms with van der Waals surface area (Å²) in [5.74, 6) is 0. The fourth-order valence-corrected chi connectivity index (χ4v) is 3.04. The van der Waals surface area contributed by atoms with Crippen LogP contribution in [-0.4, -0.2) is 23.3 Å². The van der Waals surface area contributed by atoms with Crippen LogP contribution >= 0.6 is 11.3 Å². The van der Waals surface area contributed by atoms with Crippen molar-refractivity contribution in [2.75, 3.05) is 13.1 Å². The predicted octanol–water partition coefficient (Wildman–Crippen LogP) is 3.17. The molecule has 20 heavy (non-hydrogen) atoms. The molecule has 0 atom stereocenters. The number of hydrogen-bond acceptors (Lipinski definition) is 4. The van der Waals surface area contributed by atoms with Crippen LogP contribution < -0.4 is 5.32 Å². The highest BCUT2D eigenvalue weighted by atomic mass is 32.1. The van der Waals surface area contributed by atoms with Gasteiger partial charge in [-0.05, 0) is 38.4 Å². The molecule has 0 bridgehead atoms. The minimum absolute atomic E-state index is 0.994. The smallest absolute Gasteiger partial charge is 0.117 e. The van der Waals surface area contributed by atoms with Crippen LogP contribution in [0.2, 0.25) is 0 Å². The molecule has 1 N–H and O–H groups in total. The maximum absolute atomic E-state index is 4.30. The van der Waals surface area contributed by atoms with E-state index in [4.69, 9.17) is 0 Å². The lowest BCUT2D eigenvalue weighted by atomic mass is 10.1. The first-order chi connectivity index (χ1) is 9.78. The van der Waals surface area contributed by atoms with Crippen LogP contribution in [0.25, 0.3) is 0 Å². The van der Waals surface area contributed by atoms with Crippen molar-refractivity contribution < 1.29 is 0 Å². The standard InChI is InChI=1S/C16H23N3S/c1-3-17-11-5-8-15-18-19-16(20-15)10-9-14-7-4-6-13(2)12-14/h4,6-7,12,17H,3,5,8-11H2,1-2H3. The Hall–Kier alpha value is -1.26. The zero-order chi connectivity index (χ0) is 14.2. The monoisotopic (exact) mass is 289 g/mol.